The lowest BCUT2D eigenvalue weighted by atomic mass is 10.1. The molecule has 0 fully saturated rings. The summed E-state index contributed by atoms with van der Waals surface area (Å²) in [5.41, 5.74) is 3.06. The SMILES string of the molecule is CCc1ccc(COc2ccc(F)cc2CCl)cc1. The van der Waals surface area contributed by atoms with Gasteiger partial charge in [0.15, 0.2) is 0 Å². The lowest BCUT2D eigenvalue weighted by molar-refractivity contribution is 0.303. The molecule has 2 rings (SSSR count). The second-order valence-corrected chi connectivity index (χ2v) is 4.61. The number of rotatable bonds is 5. The van der Waals surface area contributed by atoms with E-state index in [9.17, 15) is 4.39 Å². The fourth-order valence-electron chi connectivity index (χ4n) is 1.83. The van der Waals surface area contributed by atoms with Gasteiger partial charge in [-0.25, -0.2) is 4.39 Å². The van der Waals surface area contributed by atoms with Crippen molar-refractivity contribution < 1.29 is 9.13 Å². The van der Waals surface area contributed by atoms with Crippen LogP contribution in [0.15, 0.2) is 42.5 Å². The Morgan fingerprint density at radius 3 is 2.37 bits per heavy atom. The van der Waals surface area contributed by atoms with E-state index >= 15 is 0 Å². The summed E-state index contributed by atoms with van der Waals surface area (Å²) in [7, 11) is 0. The van der Waals surface area contributed by atoms with E-state index in [0.717, 1.165) is 12.0 Å². The minimum Gasteiger partial charge on any atom is -0.489 e. The number of alkyl halides is 1. The van der Waals surface area contributed by atoms with Crippen molar-refractivity contribution in [3.63, 3.8) is 0 Å². The first-order chi connectivity index (χ1) is 9.22. The smallest absolute Gasteiger partial charge is 0.124 e. The van der Waals surface area contributed by atoms with Crippen LogP contribution in [0.25, 0.3) is 0 Å². The zero-order chi connectivity index (χ0) is 13.7. The number of aryl methyl sites for hydroxylation is 1. The van der Waals surface area contributed by atoms with E-state index in [2.05, 4.69) is 19.1 Å². The monoisotopic (exact) mass is 278 g/mol. The van der Waals surface area contributed by atoms with Crippen molar-refractivity contribution in [3.8, 4) is 5.75 Å². The summed E-state index contributed by atoms with van der Waals surface area (Å²) in [6.45, 7) is 2.58. The van der Waals surface area contributed by atoms with Crippen LogP contribution in [-0.2, 0) is 18.9 Å². The zero-order valence-corrected chi connectivity index (χ0v) is 11.6. The Balaban J connectivity index is 2.05. The highest BCUT2D eigenvalue weighted by atomic mass is 35.5. The maximum Gasteiger partial charge on any atom is 0.124 e. The highest BCUT2D eigenvalue weighted by Crippen LogP contribution is 2.22. The van der Waals surface area contributed by atoms with Gasteiger partial charge in [0.1, 0.15) is 18.2 Å². The molecule has 0 unspecified atom stereocenters. The van der Waals surface area contributed by atoms with Gasteiger partial charge in [-0.15, -0.1) is 11.6 Å². The molecule has 0 amide bonds. The summed E-state index contributed by atoms with van der Waals surface area (Å²) in [6.07, 6.45) is 1.02. The van der Waals surface area contributed by atoms with Crippen LogP contribution in [-0.4, -0.2) is 0 Å². The van der Waals surface area contributed by atoms with Gasteiger partial charge in [0.2, 0.25) is 0 Å². The lowest BCUT2D eigenvalue weighted by Gasteiger charge is -2.10. The van der Waals surface area contributed by atoms with Crippen LogP contribution < -0.4 is 4.74 Å². The van der Waals surface area contributed by atoms with Crippen molar-refractivity contribution in [2.45, 2.75) is 25.8 Å². The zero-order valence-electron chi connectivity index (χ0n) is 10.8. The van der Waals surface area contributed by atoms with Crippen LogP contribution in [0, 0.1) is 5.82 Å². The van der Waals surface area contributed by atoms with E-state index in [-0.39, 0.29) is 11.7 Å². The quantitative estimate of drug-likeness (QED) is 0.720. The highest BCUT2D eigenvalue weighted by Gasteiger charge is 2.05. The average molecular weight is 279 g/mol. The van der Waals surface area contributed by atoms with Crippen LogP contribution in [0.3, 0.4) is 0 Å². The Labute approximate surface area is 118 Å². The fraction of sp³-hybridized carbons (Fsp3) is 0.250. The van der Waals surface area contributed by atoms with Crippen molar-refractivity contribution in [1.82, 2.24) is 0 Å². The van der Waals surface area contributed by atoms with Crippen LogP contribution in [0.1, 0.15) is 23.6 Å². The minimum absolute atomic E-state index is 0.238. The second-order valence-electron chi connectivity index (χ2n) is 4.34. The van der Waals surface area contributed by atoms with Crippen LogP contribution in [0.2, 0.25) is 0 Å². The standard InChI is InChI=1S/C16H16ClFO/c1-2-12-3-5-13(6-4-12)11-19-16-8-7-15(18)9-14(16)10-17/h3-9H,2,10-11H2,1H3. The predicted molar refractivity (Wildman–Crippen MR) is 76.1 cm³/mol. The normalized spacial score (nSPS) is 10.5. The number of halogens is 2. The van der Waals surface area contributed by atoms with Gasteiger partial charge in [0, 0.05) is 5.56 Å². The van der Waals surface area contributed by atoms with E-state index in [4.69, 9.17) is 16.3 Å². The van der Waals surface area contributed by atoms with Crippen LogP contribution in [0.5, 0.6) is 5.75 Å². The van der Waals surface area contributed by atoms with Crippen molar-refractivity contribution in [1.29, 1.82) is 0 Å². The minimum atomic E-state index is -0.296. The summed E-state index contributed by atoms with van der Waals surface area (Å²) in [5, 5.41) is 0. The molecule has 0 heterocycles. The molecule has 0 aliphatic rings. The van der Waals surface area contributed by atoms with Gasteiger partial charge in [0.25, 0.3) is 0 Å². The first-order valence-electron chi connectivity index (χ1n) is 6.28. The maximum atomic E-state index is 13.1. The molecule has 0 saturated carbocycles. The van der Waals surface area contributed by atoms with E-state index in [0.29, 0.717) is 17.9 Å². The van der Waals surface area contributed by atoms with Gasteiger partial charge in [-0.3, -0.25) is 0 Å². The largest absolute Gasteiger partial charge is 0.489 e. The van der Waals surface area contributed by atoms with Crippen LogP contribution in [0.4, 0.5) is 4.39 Å². The molecule has 0 radical (unpaired) electrons. The Morgan fingerprint density at radius 1 is 1.05 bits per heavy atom. The van der Waals surface area contributed by atoms with Gasteiger partial charge in [0.05, 0.1) is 5.88 Å². The number of benzene rings is 2. The molecule has 0 bridgehead atoms. The van der Waals surface area contributed by atoms with Crippen molar-refractivity contribution in [2.24, 2.45) is 0 Å². The molecule has 2 aromatic carbocycles. The molecule has 0 saturated heterocycles. The summed E-state index contributed by atoms with van der Waals surface area (Å²) in [4.78, 5) is 0. The molecular weight excluding hydrogens is 263 g/mol. The first-order valence-corrected chi connectivity index (χ1v) is 6.81. The molecule has 0 aliphatic carbocycles. The molecule has 0 N–H and O–H groups in total. The van der Waals surface area contributed by atoms with E-state index in [1.807, 2.05) is 12.1 Å². The van der Waals surface area contributed by atoms with Crippen LogP contribution >= 0.6 is 11.6 Å². The van der Waals surface area contributed by atoms with Gasteiger partial charge in [-0.1, -0.05) is 31.2 Å². The van der Waals surface area contributed by atoms with Gasteiger partial charge in [-0.05, 0) is 35.7 Å². The van der Waals surface area contributed by atoms with Crippen molar-refractivity contribution in [2.75, 3.05) is 0 Å². The number of ether oxygens (including phenoxy) is 1. The first kappa shape index (κ1) is 13.9. The fourth-order valence-corrected chi connectivity index (χ4v) is 2.03. The van der Waals surface area contributed by atoms with Crippen molar-refractivity contribution in [3.05, 3.63) is 65.0 Å². The second kappa shape index (κ2) is 6.58. The topological polar surface area (TPSA) is 9.23 Å². The summed E-state index contributed by atoms with van der Waals surface area (Å²) >= 11 is 5.78. The van der Waals surface area contributed by atoms with E-state index in [1.54, 1.807) is 6.07 Å². The summed E-state index contributed by atoms with van der Waals surface area (Å²) < 4.78 is 18.8. The predicted octanol–water partition coefficient (Wildman–Crippen LogP) is 4.71. The highest BCUT2D eigenvalue weighted by molar-refractivity contribution is 6.17. The molecule has 1 nitrogen and oxygen atoms in total. The molecule has 0 spiro atoms. The third-order valence-electron chi connectivity index (χ3n) is 2.99. The number of hydrogen-bond acceptors (Lipinski definition) is 1. The van der Waals surface area contributed by atoms with E-state index < -0.39 is 0 Å². The van der Waals surface area contributed by atoms with Gasteiger partial charge in [-0.2, -0.15) is 0 Å². The Hall–Kier alpha value is -1.54. The summed E-state index contributed by atoms with van der Waals surface area (Å²) in [5.74, 6) is 0.577. The van der Waals surface area contributed by atoms with E-state index in [1.165, 1.54) is 17.7 Å². The van der Waals surface area contributed by atoms with Gasteiger partial charge < -0.3 is 4.74 Å². The third-order valence-corrected chi connectivity index (χ3v) is 3.28. The molecule has 3 heteroatoms. The number of hydrogen-bond donors (Lipinski definition) is 0. The molecular formula is C16H16ClFO. The molecule has 2 aromatic rings. The van der Waals surface area contributed by atoms with Gasteiger partial charge >= 0.3 is 0 Å². The summed E-state index contributed by atoms with van der Waals surface area (Å²) in [6, 6.07) is 12.7. The Morgan fingerprint density at radius 2 is 1.74 bits per heavy atom. The Kier molecular flexibility index (Phi) is 4.80. The lowest BCUT2D eigenvalue weighted by Crippen LogP contribution is -1.98. The Bertz CT molecular complexity index is 537. The average Bonchev–Trinajstić information content (AvgIpc) is 2.46. The molecule has 0 atom stereocenters. The molecule has 0 aliphatic heterocycles. The third kappa shape index (κ3) is 3.71. The van der Waals surface area contributed by atoms with Crippen molar-refractivity contribution >= 4 is 11.6 Å². The maximum absolute atomic E-state index is 13.1. The molecule has 0 aromatic heterocycles. The molecule has 100 valence electrons. The molecule has 19 heavy (non-hydrogen) atoms.